The van der Waals surface area contributed by atoms with Crippen molar-refractivity contribution in [1.29, 1.82) is 0 Å². The van der Waals surface area contributed by atoms with Crippen LogP contribution in [0.2, 0.25) is 0 Å². The SMILES string of the molecule is CNc1nc(NCc2cnc(C)s2)c2[nH]cnc2n1. The molecule has 0 aliphatic rings. The van der Waals surface area contributed by atoms with Gasteiger partial charge in [-0.3, -0.25) is 0 Å². The standard InChI is InChI=1S/C11H13N7S/c1-6-13-3-7(19-6)4-14-9-8-10(16-5-15-8)18-11(12-2)17-9/h3,5H,4H2,1-2H3,(H3,12,14,15,16,17,18). The van der Waals surface area contributed by atoms with E-state index in [0.29, 0.717) is 18.1 Å². The summed E-state index contributed by atoms with van der Waals surface area (Å²) in [4.78, 5) is 21.2. The van der Waals surface area contributed by atoms with Crippen LogP contribution in [0.3, 0.4) is 0 Å². The van der Waals surface area contributed by atoms with Crippen molar-refractivity contribution in [2.45, 2.75) is 13.5 Å². The molecule has 0 fully saturated rings. The first-order chi connectivity index (χ1) is 9.26. The lowest BCUT2D eigenvalue weighted by molar-refractivity contribution is 1.11. The van der Waals surface area contributed by atoms with Crippen LogP contribution in [0.5, 0.6) is 0 Å². The van der Waals surface area contributed by atoms with E-state index in [2.05, 4.69) is 35.6 Å². The number of rotatable bonds is 4. The number of H-pyrrole nitrogens is 1. The van der Waals surface area contributed by atoms with Crippen LogP contribution in [0, 0.1) is 6.92 Å². The number of hydrogen-bond acceptors (Lipinski definition) is 7. The van der Waals surface area contributed by atoms with Crippen molar-refractivity contribution in [2.75, 3.05) is 17.7 Å². The van der Waals surface area contributed by atoms with E-state index in [9.17, 15) is 0 Å². The monoisotopic (exact) mass is 275 g/mol. The number of hydrogen-bond donors (Lipinski definition) is 3. The van der Waals surface area contributed by atoms with Gasteiger partial charge in [0.25, 0.3) is 0 Å². The highest BCUT2D eigenvalue weighted by molar-refractivity contribution is 7.11. The number of aromatic nitrogens is 5. The summed E-state index contributed by atoms with van der Waals surface area (Å²) >= 11 is 1.67. The van der Waals surface area contributed by atoms with E-state index >= 15 is 0 Å². The molecule has 0 bridgehead atoms. The summed E-state index contributed by atoms with van der Waals surface area (Å²) in [5.41, 5.74) is 1.45. The Bertz CT molecular complexity index is 702. The highest BCUT2D eigenvalue weighted by Gasteiger charge is 2.09. The van der Waals surface area contributed by atoms with E-state index in [1.807, 2.05) is 13.1 Å². The summed E-state index contributed by atoms with van der Waals surface area (Å²) in [6, 6.07) is 0. The van der Waals surface area contributed by atoms with Gasteiger partial charge in [0.2, 0.25) is 5.95 Å². The summed E-state index contributed by atoms with van der Waals surface area (Å²) in [5.74, 6) is 1.28. The summed E-state index contributed by atoms with van der Waals surface area (Å²) in [6.07, 6.45) is 3.48. The predicted molar refractivity (Wildman–Crippen MR) is 75.4 cm³/mol. The van der Waals surface area contributed by atoms with E-state index in [1.165, 1.54) is 0 Å². The van der Waals surface area contributed by atoms with Crippen LogP contribution in [0.25, 0.3) is 11.2 Å². The molecule has 0 aromatic carbocycles. The molecule has 3 aromatic heterocycles. The molecule has 7 nitrogen and oxygen atoms in total. The zero-order valence-corrected chi connectivity index (χ0v) is 11.4. The average molecular weight is 275 g/mol. The van der Waals surface area contributed by atoms with Crippen molar-refractivity contribution in [1.82, 2.24) is 24.9 Å². The number of imidazole rings is 1. The fourth-order valence-corrected chi connectivity index (χ4v) is 2.47. The molecule has 98 valence electrons. The molecule has 0 saturated heterocycles. The highest BCUT2D eigenvalue weighted by atomic mass is 32.1. The molecule has 0 aliphatic carbocycles. The van der Waals surface area contributed by atoms with Gasteiger partial charge in [-0.2, -0.15) is 9.97 Å². The zero-order valence-electron chi connectivity index (χ0n) is 10.6. The molecule has 8 heteroatoms. The molecule has 3 heterocycles. The van der Waals surface area contributed by atoms with Gasteiger partial charge in [-0.25, -0.2) is 9.97 Å². The minimum absolute atomic E-state index is 0.544. The summed E-state index contributed by atoms with van der Waals surface area (Å²) in [6.45, 7) is 2.67. The minimum atomic E-state index is 0.544. The third-order valence-electron chi connectivity index (χ3n) is 2.61. The van der Waals surface area contributed by atoms with Crippen LogP contribution < -0.4 is 10.6 Å². The molecule has 0 amide bonds. The lowest BCUT2D eigenvalue weighted by Gasteiger charge is -2.06. The largest absolute Gasteiger partial charge is 0.363 e. The second kappa shape index (κ2) is 4.81. The van der Waals surface area contributed by atoms with Crippen LogP contribution in [0.1, 0.15) is 9.88 Å². The molecule has 3 rings (SSSR count). The molecule has 0 unspecified atom stereocenters. The normalized spacial score (nSPS) is 10.8. The van der Waals surface area contributed by atoms with Crippen LogP contribution in [0.15, 0.2) is 12.5 Å². The lowest BCUT2D eigenvalue weighted by Crippen LogP contribution is -2.04. The number of fused-ring (bicyclic) bond motifs is 1. The topological polar surface area (TPSA) is 91.4 Å². The fourth-order valence-electron chi connectivity index (χ4n) is 1.73. The van der Waals surface area contributed by atoms with E-state index in [4.69, 9.17) is 0 Å². The highest BCUT2D eigenvalue weighted by Crippen LogP contribution is 2.20. The van der Waals surface area contributed by atoms with Crippen molar-refractivity contribution < 1.29 is 0 Å². The number of aromatic amines is 1. The summed E-state index contributed by atoms with van der Waals surface area (Å²) < 4.78 is 0. The Kier molecular flexibility index (Phi) is 3.00. The molecular formula is C11H13N7S. The quantitative estimate of drug-likeness (QED) is 0.672. The van der Waals surface area contributed by atoms with E-state index in [-0.39, 0.29) is 0 Å². The van der Waals surface area contributed by atoms with Gasteiger partial charge < -0.3 is 15.6 Å². The molecule has 0 saturated carbocycles. The van der Waals surface area contributed by atoms with Crippen LogP contribution in [-0.2, 0) is 6.54 Å². The molecule has 0 spiro atoms. The Balaban J connectivity index is 1.88. The third-order valence-corrected chi connectivity index (χ3v) is 3.52. The molecule has 19 heavy (non-hydrogen) atoms. The van der Waals surface area contributed by atoms with Gasteiger partial charge in [0.15, 0.2) is 11.5 Å². The number of anilines is 2. The van der Waals surface area contributed by atoms with Crippen LogP contribution >= 0.6 is 11.3 Å². The number of nitrogens with one attached hydrogen (secondary N) is 3. The second-order valence-electron chi connectivity index (χ2n) is 3.95. The molecular weight excluding hydrogens is 262 g/mol. The van der Waals surface area contributed by atoms with Crippen LogP contribution in [-0.4, -0.2) is 32.0 Å². The Morgan fingerprint density at radius 1 is 1.32 bits per heavy atom. The number of nitrogens with zero attached hydrogens (tertiary/aromatic N) is 4. The van der Waals surface area contributed by atoms with Gasteiger partial charge in [0, 0.05) is 18.1 Å². The van der Waals surface area contributed by atoms with Gasteiger partial charge in [0.1, 0.15) is 5.52 Å². The molecule has 0 atom stereocenters. The molecule has 3 N–H and O–H groups in total. The Labute approximate surface area is 113 Å². The van der Waals surface area contributed by atoms with Gasteiger partial charge >= 0.3 is 0 Å². The van der Waals surface area contributed by atoms with Crippen molar-refractivity contribution in [3.8, 4) is 0 Å². The Morgan fingerprint density at radius 2 is 2.21 bits per heavy atom. The van der Waals surface area contributed by atoms with Gasteiger partial charge in [0.05, 0.1) is 17.9 Å². The van der Waals surface area contributed by atoms with E-state index < -0.39 is 0 Å². The second-order valence-corrected chi connectivity index (χ2v) is 5.27. The Hall–Kier alpha value is -2.22. The summed E-state index contributed by atoms with van der Waals surface area (Å²) in [5, 5.41) is 7.27. The average Bonchev–Trinajstić information content (AvgIpc) is 3.04. The van der Waals surface area contributed by atoms with Gasteiger partial charge in [-0.05, 0) is 6.92 Å². The Morgan fingerprint density at radius 3 is 2.95 bits per heavy atom. The maximum absolute atomic E-state index is 4.39. The van der Waals surface area contributed by atoms with Crippen molar-refractivity contribution >= 4 is 34.3 Å². The van der Waals surface area contributed by atoms with E-state index in [1.54, 1.807) is 24.7 Å². The zero-order chi connectivity index (χ0) is 13.2. The smallest absolute Gasteiger partial charge is 0.226 e. The maximum atomic E-state index is 4.39. The molecule has 0 aliphatic heterocycles. The lowest BCUT2D eigenvalue weighted by atomic mass is 10.4. The van der Waals surface area contributed by atoms with Crippen LogP contribution in [0.4, 0.5) is 11.8 Å². The first-order valence-electron chi connectivity index (χ1n) is 5.80. The third kappa shape index (κ3) is 2.34. The summed E-state index contributed by atoms with van der Waals surface area (Å²) in [7, 11) is 1.78. The maximum Gasteiger partial charge on any atom is 0.226 e. The number of aryl methyl sites for hydroxylation is 1. The first-order valence-corrected chi connectivity index (χ1v) is 6.62. The van der Waals surface area contributed by atoms with Crippen molar-refractivity contribution in [3.63, 3.8) is 0 Å². The van der Waals surface area contributed by atoms with Crippen molar-refractivity contribution in [3.05, 3.63) is 22.4 Å². The number of thiazole rings is 1. The van der Waals surface area contributed by atoms with E-state index in [0.717, 1.165) is 21.2 Å². The first kappa shape index (κ1) is 11.8. The van der Waals surface area contributed by atoms with Gasteiger partial charge in [-0.15, -0.1) is 11.3 Å². The fraction of sp³-hybridized carbons (Fsp3) is 0.273. The predicted octanol–water partition coefficient (Wildman–Crippen LogP) is 1.77. The molecule has 3 aromatic rings. The molecule has 0 radical (unpaired) electrons. The van der Waals surface area contributed by atoms with Gasteiger partial charge in [-0.1, -0.05) is 0 Å². The minimum Gasteiger partial charge on any atom is -0.363 e. The van der Waals surface area contributed by atoms with Crippen molar-refractivity contribution in [2.24, 2.45) is 0 Å².